The van der Waals surface area contributed by atoms with Gasteiger partial charge < -0.3 is 28.6 Å². The fraction of sp³-hybridized carbons (Fsp3) is 0.0196. The zero-order valence-electron chi connectivity index (χ0n) is 30.7. The number of allylic oxidation sites excluding steroid dienone is 1. The molecule has 0 unspecified atom stereocenters. The molecule has 0 radical (unpaired) electrons. The molecule has 0 aliphatic heterocycles. The molecule has 0 aliphatic carbocycles. The Hall–Kier alpha value is -7.70. The van der Waals surface area contributed by atoms with Crippen molar-refractivity contribution in [2.45, 2.75) is 6.54 Å². The fourth-order valence-electron chi connectivity index (χ4n) is 8.83. The van der Waals surface area contributed by atoms with Crippen LogP contribution in [0.4, 0.5) is 22.7 Å². The molecule has 0 spiro atoms. The molecule has 0 aliphatic rings. The molecule has 8 aromatic carbocycles. The Morgan fingerprint density at radius 1 is 0.404 bits per heavy atom. The van der Waals surface area contributed by atoms with Crippen molar-refractivity contribution in [3.8, 4) is 0 Å². The predicted molar refractivity (Wildman–Crippen MR) is 238 cm³/mol. The molecule has 2 N–H and O–H groups in total. The lowest BCUT2D eigenvalue weighted by atomic mass is 10.1. The van der Waals surface area contributed by atoms with Crippen LogP contribution in [0.1, 0.15) is 0 Å². The molecule has 0 amide bonds. The Labute approximate surface area is 326 Å². The quantitative estimate of drug-likeness (QED) is 0.171. The van der Waals surface area contributed by atoms with Gasteiger partial charge in [0.15, 0.2) is 0 Å². The zero-order chi connectivity index (χ0) is 37.5. The normalized spacial score (nSPS) is 12.2. The number of nitrogens with zero attached hydrogens (tertiary/aromatic N) is 2. The molecule has 4 heterocycles. The third-order valence-corrected chi connectivity index (χ3v) is 11.4. The van der Waals surface area contributed by atoms with Crippen LogP contribution >= 0.6 is 0 Å². The van der Waals surface area contributed by atoms with E-state index in [-0.39, 0.29) is 0 Å². The van der Waals surface area contributed by atoms with Gasteiger partial charge in [-0.05, 0) is 91.0 Å². The van der Waals surface area contributed by atoms with Crippen LogP contribution in [0, 0.1) is 0 Å². The summed E-state index contributed by atoms with van der Waals surface area (Å²) in [6.07, 6.45) is 4.47. The molecule has 6 heteroatoms. The SMILES string of the molecule is C(=C\n1c2ccccc2c2c3oc4cc(Nc5ccccc5)ccc4c3ccc21)/Cn1c2ccccc2c2c3oc4cc(Nc5ccccc5)ccc4c3ccc21. The first kappa shape index (κ1) is 31.6. The van der Waals surface area contributed by atoms with Crippen molar-refractivity contribution in [3.05, 3.63) is 176 Å². The number of furan rings is 2. The Morgan fingerprint density at radius 2 is 0.895 bits per heavy atom. The van der Waals surface area contributed by atoms with E-state index in [4.69, 9.17) is 8.83 Å². The maximum atomic E-state index is 6.73. The maximum absolute atomic E-state index is 6.73. The first-order chi connectivity index (χ1) is 28.2. The minimum atomic E-state index is 0.680. The van der Waals surface area contributed by atoms with Crippen LogP contribution in [0.15, 0.2) is 185 Å². The fourth-order valence-corrected chi connectivity index (χ4v) is 8.83. The molecule has 0 fully saturated rings. The number of benzene rings is 8. The second-order valence-electron chi connectivity index (χ2n) is 14.7. The molecule has 57 heavy (non-hydrogen) atoms. The van der Waals surface area contributed by atoms with Gasteiger partial charge in [-0.25, -0.2) is 0 Å². The van der Waals surface area contributed by atoms with E-state index < -0.39 is 0 Å². The van der Waals surface area contributed by atoms with E-state index in [1.807, 2.05) is 36.4 Å². The van der Waals surface area contributed by atoms with Crippen LogP contribution < -0.4 is 10.6 Å². The Bertz CT molecular complexity index is 3550. The van der Waals surface area contributed by atoms with E-state index in [9.17, 15) is 0 Å². The predicted octanol–water partition coefficient (Wildman–Crippen LogP) is 14.4. The summed E-state index contributed by atoms with van der Waals surface area (Å²) in [4.78, 5) is 0. The van der Waals surface area contributed by atoms with Gasteiger partial charge in [0.1, 0.15) is 22.3 Å². The topological polar surface area (TPSA) is 60.2 Å². The van der Waals surface area contributed by atoms with Crippen LogP contribution in [0.25, 0.3) is 93.7 Å². The van der Waals surface area contributed by atoms with Gasteiger partial charge in [0.25, 0.3) is 0 Å². The summed E-state index contributed by atoms with van der Waals surface area (Å²) in [5.41, 5.74) is 12.2. The number of aromatic nitrogens is 2. The standard InChI is InChI=1S/C51H34N4O2/c1-3-12-32(13-4-1)52-34-20-22-36-38-24-26-44-48(50(38)56-46(36)30-34)40-16-7-9-18-42(40)54(44)28-11-29-55-43-19-10-8-17-41(43)49-45(55)27-25-39-37-23-21-35(31-47(37)57-51(39)49)53-33-14-5-2-6-15-33/h1-28,30-31,52-53H,29H2/b28-11+. The zero-order valence-corrected chi connectivity index (χ0v) is 30.7. The third-order valence-electron chi connectivity index (χ3n) is 11.4. The third kappa shape index (κ3) is 4.97. The number of hydrogen-bond donors (Lipinski definition) is 2. The van der Waals surface area contributed by atoms with E-state index in [2.05, 4.69) is 166 Å². The average Bonchev–Trinajstić information content (AvgIpc) is 3.99. The average molecular weight is 735 g/mol. The van der Waals surface area contributed by atoms with Crippen molar-refractivity contribution in [2.75, 3.05) is 10.6 Å². The molecular weight excluding hydrogens is 701 g/mol. The van der Waals surface area contributed by atoms with Crippen molar-refractivity contribution in [2.24, 2.45) is 0 Å². The highest BCUT2D eigenvalue weighted by Gasteiger charge is 2.19. The largest absolute Gasteiger partial charge is 0.455 e. The molecular formula is C51H34N4O2. The summed E-state index contributed by atoms with van der Waals surface area (Å²) in [6, 6.07) is 59.3. The van der Waals surface area contributed by atoms with E-state index >= 15 is 0 Å². The highest BCUT2D eigenvalue weighted by Crippen LogP contribution is 2.42. The summed E-state index contributed by atoms with van der Waals surface area (Å²) < 4.78 is 18.1. The summed E-state index contributed by atoms with van der Waals surface area (Å²) in [5, 5.41) is 16.1. The van der Waals surface area contributed by atoms with E-state index in [0.29, 0.717) is 6.54 Å². The van der Waals surface area contributed by atoms with Gasteiger partial charge in [-0.1, -0.05) is 72.8 Å². The van der Waals surface area contributed by atoms with Gasteiger partial charge in [0.05, 0.1) is 27.3 Å². The van der Waals surface area contributed by atoms with Crippen molar-refractivity contribution < 1.29 is 8.83 Å². The van der Waals surface area contributed by atoms with Gasteiger partial charge in [-0.3, -0.25) is 0 Å². The van der Waals surface area contributed by atoms with Crippen LogP contribution in [0.2, 0.25) is 0 Å². The lowest BCUT2D eigenvalue weighted by Crippen LogP contribution is -1.95. The van der Waals surface area contributed by atoms with E-state index in [1.54, 1.807) is 0 Å². The molecule has 0 bridgehead atoms. The Morgan fingerprint density at radius 3 is 1.51 bits per heavy atom. The van der Waals surface area contributed by atoms with Crippen LogP contribution in [-0.4, -0.2) is 9.13 Å². The van der Waals surface area contributed by atoms with Crippen molar-refractivity contribution in [3.63, 3.8) is 0 Å². The molecule has 6 nitrogen and oxygen atoms in total. The van der Waals surface area contributed by atoms with Gasteiger partial charge in [-0.2, -0.15) is 0 Å². The Kier molecular flexibility index (Phi) is 6.89. The number of hydrogen-bond acceptors (Lipinski definition) is 4. The number of anilines is 4. The van der Waals surface area contributed by atoms with Gasteiger partial charge >= 0.3 is 0 Å². The summed E-state index contributed by atoms with van der Waals surface area (Å²) in [7, 11) is 0. The highest BCUT2D eigenvalue weighted by atomic mass is 16.3. The molecule has 270 valence electrons. The van der Waals surface area contributed by atoms with Gasteiger partial charge in [-0.15, -0.1) is 0 Å². The summed E-state index contributed by atoms with van der Waals surface area (Å²) in [6.45, 7) is 0.680. The van der Waals surface area contributed by atoms with Crippen LogP contribution in [0.3, 0.4) is 0 Å². The van der Waals surface area contributed by atoms with Gasteiger partial charge in [0.2, 0.25) is 0 Å². The minimum absolute atomic E-state index is 0.680. The van der Waals surface area contributed by atoms with Crippen LogP contribution in [-0.2, 0) is 6.54 Å². The monoisotopic (exact) mass is 734 g/mol. The molecule has 12 aromatic rings. The summed E-state index contributed by atoms with van der Waals surface area (Å²) >= 11 is 0. The molecule has 0 atom stereocenters. The first-order valence-electron chi connectivity index (χ1n) is 19.3. The first-order valence-corrected chi connectivity index (χ1v) is 19.3. The second kappa shape index (κ2) is 12.4. The molecule has 4 aromatic heterocycles. The number of para-hydroxylation sites is 4. The van der Waals surface area contributed by atoms with Gasteiger partial charge in [0, 0.05) is 85.5 Å². The van der Waals surface area contributed by atoms with Crippen molar-refractivity contribution in [1.29, 1.82) is 0 Å². The maximum Gasteiger partial charge on any atom is 0.145 e. The van der Waals surface area contributed by atoms with Crippen molar-refractivity contribution in [1.82, 2.24) is 9.13 Å². The number of rotatable bonds is 7. The molecule has 0 saturated heterocycles. The number of fused-ring (bicyclic) bond motifs is 14. The summed E-state index contributed by atoms with van der Waals surface area (Å²) in [5.74, 6) is 0. The highest BCUT2D eigenvalue weighted by molar-refractivity contribution is 6.25. The minimum Gasteiger partial charge on any atom is -0.455 e. The molecule has 12 rings (SSSR count). The smallest absolute Gasteiger partial charge is 0.145 e. The Balaban J connectivity index is 0.947. The second-order valence-corrected chi connectivity index (χ2v) is 14.7. The van der Waals surface area contributed by atoms with Crippen molar-refractivity contribution >= 4 is 116 Å². The van der Waals surface area contributed by atoms with E-state index in [1.165, 1.54) is 10.9 Å². The van der Waals surface area contributed by atoms with E-state index in [0.717, 1.165) is 99.3 Å². The lowest BCUT2D eigenvalue weighted by Gasteiger charge is -2.05. The lowest BCUT2D eigenvalue weighted by molar-refractivity contribution is 0.672. The molecule has 0 saturated carbocycles. The van der Waals surface area contributed by atoms with Crippen LogP contribution in [0.5, 0.6) is 0 Å². The number of nitrogens with one attached hydrogen (secondary N) is 2.